The van der Waals surface area contributed by atoms with Crippen molar-refractivity contribution in [1.29, 1.82) is 0 Å². The van der Waals surface area contributed by atoms with Crippen LogP contribution < -0.4 is 15.5 Å². The molecule has 0 fully saturated rings. The molecule has 1 aliphatic rings. The summed E-state index contributed by atoms with van der Waals surface area (Å²) in [4.78, 5) is 39.3. The van der Waals surface area contributed by atoms with Crippen LogP contribution in [-0.4, -0.2) is 61.0 Å². The molecule has 2 aromatic rings. The van der Waals surface area contributed by atoms with Gasteiger partial charge in [-0.2, -0.15) is 12.6 Å². The largest absolute Gasteiger partial charge is 0.375 e. The van der Waals surface area contributed by atoms with Gasteiger partial charge in [0, 0.05) is 32.4 Å². The van der Waals surface area contributed by atoms with Crippen molar-refractivity contribution in [2.75, 3.05) is 37.0 Å². The number of anilines is 1. The first kappa shape index (κ1) is 34.4. The molecule has 0 spiro atoms. The Kier molecular flexibility index (Phi) is 13.3. The second kappa shape index (κ2) is 16.6. The van der Waals surface area contributed by atoms with Crippen LogP contribution in [0.3, 0.4) is 0 Å². The van der Waals surface area contributed by atoms with Crippen LogP contribution in [0.25, 0.3) is 12.2 Å². The van der Waals surface area contributed by atoms with Crippen LogP contribution in [-0.2, 0) is 30.4 Å². The van der Waals surface area contributed by atoms with Crippen LogP contribution in [0.15, 0.2) is 48.5 Å². The lowest BCUT2D eigenvalue weighted by Gasteiger charge is -2.30. The van der Waals surface area contributed by atoms with Crippen molar-refractivity contribution < 1.29 is 23.9 Å². The monoisotopic (exact) mass is 609 g/mol. The number of carbonyl (C=O) groups is 3. The molecule has 1 heterocycles. The molecule has 0 saturated carbocycles. The van der Waals surface area contributed by atoms with Crippen molar-refractivity contribution in [3.63, 3.8) is 0 Å². The van der Waals surface area contributed by atoms with E-state index in [1.807, 2.05) is 81.1 Å². The third-order valence-electron chi connectivity index (χ3n) is 7.42. The molecule has 3 amide bonds. The topological polar surface area (TPSA) is 97.0 Å². The Bertz CT molecular complexity index is 1260. The van der Waals surface area contributed by atoms with Crippen LogP contribution >= 0.6 is 12.6 Å². The smallest absolute Gasteiger partial charge is 0.229 e. The molecule has 1 aliphatic heterocycles. The van der Waals surface area contributed by atoms with Gasteiger partial charge in [0.1, 0.15) is 0 Å². The number of carbonyl (C=O) groups excluding carboxylic acids is 3. The summed E-state index contributed by atoms with van der Waals surface area (Å²) in [5, 5.41) is 5.72. The van der Waals surface area contributed by atoms with Crippen LogP contribution in [0.2, 0.25) is 0 Å². The van der Waals surface area contributed by atoms with Crippen molar-refractivity contribution in [3.8, 4) is 0 Å². The Morgan fingerprint density at radius 1 is 0.767 bits per heavy atom. The highest BCUT2D eigenvalue weighted by Gasteiger charge is 2.24. The summed E-state index contributed by atoms with van der Waals surface area (Å²) in [5.74, 6) is 0.356. The van der Waals surface area contributed by atoms with Crippen LogP contribution in [0.1, 0.15) is 76.5 Å². The van der Waals surface area contributed by atoms with Crippen molar-refractivity contribution in [2.24, 2.45) is 0 Å². The SMILES string of the molecule is CC(C)(CCOC(C)(C)CCC(=O)NCCC(=O)N1Cc2ccccc2/C=C\c2ccccc21)OCCNC(=O)CCS. The van der Waals surface area contributed by atoms with Gasteiger partial charge in [-0.25, -0.2) is 0 Å². The fourth-order valence-electron chi connectivity index (χ4n) is 4.74. The molecule has 0 bridgehead atoms. The van der Waals surface area contributed by atoms with E-state index >= 15 is 0 Å². The van der Waals surface area contributed by atoms with Crippen molar-refractivity contribution >= 4 is 48.2 Å². The fourth-order valence-corrected chi connectivity index (χ4v) is 4.95. The number of nitrogens with zero attached hydrogens (tertiary/aromatic N) is 1. The fraction of sp³-hybridized carbons (Fsp3) is 0.500. The van der Waals surface area contributed by atoms with Crippen molar-refractivity contribution in [3.05, 3.63) is 65.2 Å². The van der Waals surface area contributed by atoms with E-state index in [1.165, 1.54) is 0 Å². The highest BCUT2D eigenvalue weighted by molar-refractivity contribution is 7.80. The van der Waals surface area contributed by atoms with Gasteiger partial charge in [0.15, 0.2) is 0 Å². The minimum atomic E-state index is -0.487. The molecule has 0 aromatic heterocycles. The minimum Gasteiger partial charge on any atom is -0.375 e. The number of para-hydroxylation sites is 1. The Morgan fingerprint density at radius 2 is 1.37 bits per heavy atom. The molecule has 2 aromatic carbocycles. The minimum absolute atomic E-state index is 0.0282. The van der Waals surface area contributed by atoms with E-state index in [0.717, 1.165) is 22.4 Å². The van der Waals surface area contributed by atoms with E-state index in [2.05, 4.69) is 35.4 Å². The Labute approximate surface area is 262 Å². The summed E-state index contributed by atoms with van der Waals surface area (Å²) in [7, 11) is 0. The molecule has 234 valence electrons. The molecule has 0 radical (unpaired) electrons. The molecule has 8 nitrogen and oxygen atoms in total. The van der Waals surface area contributed by atoms with Gasteiger partial charge in [-0.15, -0.1) is 0 Å². The zero-order chi connectivity index (χ0) is 31.3. The Hall–Kier alpha value is -3.14. The van der Waals surface area contributed by atoms with E-state index in [-0.39, 0.29) is 30.7 Å². The summed E-state index contributed by atoms with van der Waals surface area (Å²) >= 11 is 4.06. The number of ether oxygens (including phenoxy) is 2. The summed E-state index contributed by atoms with van der Waals surface area (Å²) in [6.45, 7) is 10.0. The maximum absolute atomic E-state index is 13.4. The molecule has 0 unspecified atom stereocenters. The molecule has 43 heavy (non-hydrogen) atoms. The van der Waals surface area contributed by atoms with Crippen molar-refractivity contribution in [1.82, 2.24) is 10.6 Å². The number of benzene rings is 2. The van der Waals surface area contributed by atoms with E-state index < -0.39 is 11.2 Å². The quantitative estimate of drug-likeness (QED) is 0.175. The second-order valence-corrected chi connectivity index (χ2v) is 12.4. The van der Waals surface area contributed by atoms with Crippen LogP contribution in [0, 0.1) is 0 Å². The number of hydrogen-bond acceptors (Lipinski definition) is 6. The van der Waals surface area contributed by atoms with E-state index in [1.54, 1.807) is 0 Å². The van der Waals surface area contributed by atoms with Gasteiger partial charge < -0.3 is 25.0 Å². The summed E-state index contributed by atoms with van der Waals surface area (Å²) < 4.78 is 12.0. The maximum atomic E-state index is 13.4. The van der Waals surface area contributed by atoms with Crippen molar-refractivity contribution in [2.45, 2.75) is 77.5 Å². The van der Waals surface area contributed by atoms with Crippen LogP contribution in [0.4, 0.5) is 5.69 Å². The number of nitrogens with one attached hydrogen (secondary N) is 2. The summed E-state index contributed by atoms with van der Waals surface area (Å²) in [6, 6.07) is 16.0. The average molecular weight is 610 g/mol. The van der Waals surface area contributed by atoms with Gasteiger partial charge in [-0.3, -0.25) is 14.4 Å². The molecule has 0 saturated heterocycles. The number of thiol groups is 1. The first-order chi connectivity index (χ1) is 20.5. The van der Waals surface area contributed by atoms with E-state index in [4.69, 9.17) is 9.47 Å². The zero-order valence-corrected chi connectivity index (χ0v) is 26.9. The average Bonchev–Trinajstić information content (AvgIpc) is 2.95. The number of amides is 3. The standard InChI is InChI=1S/C34H47N3O5S/c1-33(2,41-22-19-34(3,4)42-23-21-36-31(39)17-24-43)18-15-30(38)35-20-16-32(40)37-25-28-11-6-5-9-26(28)13-14-27-10-7-8-12-29(27)37/h5-14,43H,15-25H2,1-4H3,(H,35,38)(H,36,39)/b14-13-. The molecule has 9 heteroatoms. The predicted octanol–water partition coefficient (Wildman–Crippen LogP) is 5.41. The van der Waals surface area contributed by atoms with Gasteiger partial charge in [0.25, 0.3) is 0 Å². The summed E-state index contributed by atoms with van der Waals surface area (Å²) in [6.07, 6.45) is 6.26. The Morgan fingerprint density at radius 3 is 2.14 bits per heavy atom. The van der Waals surface area contributed by atoms with Crippen LogP contribution in [0.5, 0.6) is 0 Å². The lowest BCUT2D eigenvalue weighted by molar-refractivity contribution is -0.123. The summed E-state index contributed by atoms with van der Waals surface area (Å²) in [5.41, 5.74) is 3.14. The van der Waals surface area contributed by atoms with E-state index in [9.17, 15) is 14.4 Å². The highest BCUT2D eigenvalue weighted by atomic mass is 32.1. The molecule has 3 rings (SSSR count). The normalized spacial score (nSPS) is 13.7. The van der Waals surface area contributed by atoms with Gasteiger partial charge in [-0.05, 0) is 69.0 Å². The third-order valence-corrected chi connectivity index (χ3v) is 7.65. The van der Waals surface area contributed by atoms with Gasteiger partial charge in [0.2, 0.25) is 17.7 Å². The maximum Gasteiger partial charge on any atom is 0.229 e. The van der Waals surface area contributed by atoms with Gasteiger partial charge >= 0.3 is 0 Å². The molecule has 2 N–H and O–H groups in total. The first-order valence-corrected chi connectivity index (χ1v) is 15.7. The Balaban J connectivity index is 1.39. The second-order valence-electron chi connectivity index (χ2n) is 12.0. The zero-order valence-electron chi connectivity index (χ0n) is 26.0. The third kappa shape index (κ3) is 11.8. The van der Waals surface area contributed by atoms with Gasteiger partial charge in [-0.1, -0.05) is 54.6 Å². The highest BCUT2D eigenvalue weighted by Crippen LogP contribution is 2.29. The lowest BCUT2D eigenvalue weighted by atomic mass is 10.0. The van der Waals surface area contributed by atoms with E-state index in [0.29, 0.717) is 57.7 Å². The predicted molar refractivity (Wildman–Crippen MR) is 176 cm³/mol. The molecule has 0 atom stereocenters. The number of fused-ring (bicyclic) bond motifs is 2. The number of hydrogen-bond donors (Lipinski definition) is 3. The lowest BCUT2D eigenvalue weighted by Crippen LogP contribution is -2.36. The molecular weight excluding hydrogens is 562 g/mol. The van der Waals surface area contributed by atoms with Gasteiger partial charge in [0.05, 0.1) is 36.6 Å². The first-order valence-electron chi connectivity index (χ1n) is 15.1. The number of rotatable bonds is 16. The molecule has 0 aliphatic carbocycles. The molecular formula is C34H47N3O5S.